The lowest BCUT2D eigenvalue weighted by atomic mass is 10.2. The molecule has 3 aromatic rings. The van der Waals surface area contributed by atoms with Crippen LogP contribution in [0.1, 0.15) is 13.8 Å². The van der Waals surface area contributed by atoms with Crippen LogP contribution in [0.25, 0.3) is 10.9 Å². The van der Waals surface area contributed by atoms with Crippen molar-refractivity contribution >= 4 is 44.5 Å². The quantitative estimate of drug-likeness (QED) is 0.323. The monoisotopic (exact) mass is 415 g/mol. The summed E-state index contributed by atoms with van der Waals surface area (Å²) < 4.78 is 4.24. The molecule has 2 unspecified atom stereocenters. The fourth-order valence-corrected chi connectivity index (χ4v) is 3.54. The van der Waals surface area contributed by atoms with Crippen molar-refractivity contribution in [1.29, 1.82) is 0 Å². The summed E-state index contributed by atoms with van der Waals surface area (Å²) in [6.07, 6.45) is -1.06. The first-order valence-corrected chi connectivity index (χ1v) is 9.77. The van der Waals surface area contributed by atoms with Crippen LogP contribution in [0, 0.1) is 10.1 Å². The number of non-ortho nitro benzene ring substituents is 1. The van der Waals surface area contributed by atoms with Crippen molar-refractivity contribution in [3.05, 3.63) is 52.6 Å². The third kappa shape index (κ3) is 5.31. The predicted octanol–water partition coefficient (Wildman–Crippen LogP) is 4.19. The first-order chi connectivity index (χ1) is 13.8. The molecule has 9 nitrogen and oxygen atoms in total. The molecule has 3 rings (SSSR count). The SMILES string of the molecule is CC(O)CN(CC(C)O)c1ccc(N=Nc2snc3ccc([N+](=O)[O-])cc23)cc1. The maximum Gasteiger partial charge on any atom is 0.270 e. The number of hydrogen-bond donors (Lipinski definition) is 2. The summed E-state index contributed by atoms with van der Waals surface area (Å²) in [7, 11) is 0. The predicted molar refractivity (Wildman–Crippen MR) is 112 cm³/mol. The molecule has 29 heavy (non-hydrogen) atoms. The first kappa shape index (κ1) is 20.8. The summed E-state index contributed by atoms with van der Waals surface area (Å²) in [6, 6.07) is 11.7. The van der Waals surface area contributed by atoms with Crippen LogP contribution in [0.4, 0.5) is 22.1 Å². The Kier molecular flexibility index (Phi) is 6.47. The third-order valence-corrected chi connectivity index (χ3v) is 4.85. The fraction of sp³-hybridized carbons (Fsp3) is 0.316. The number of aromatic nitrogens is 1. The molecule has 2 N–H and O–H groups in total. The number of azo groups is 1. The molecule has 0 aliphatic carbocycles. The van der Waals surface area contributed by atoms with Gasteiger partial charge in [-0.3, -0.25) is 10.1 Å². The van der Waals surface area contributed by atoms with Crippen LogP contribution in [-0.2, 0) is 0 Å². The maximum absolute atomic E-state index is 11.0. The molecule has 0 spiro atoms. The van der Waals surface area contributed by atoms with Crippen LogP contribution in [0.2, 0.25) is 0 Å². The molecule has 0 aliphatic heterocycles. The molecular weight excluding hydrogens is 394 g/mol. The Balaban J connectivity index is 1.80. The smallest absolute Gasteiger partial charge is 0.270 e. The first-order valence-electron chi connectivity index (χ1n) is 9.00. The van der Waals surface area contributed by atoms with Gasteiger partial charge in [-0.05, 0) is 55.7 Å². The van der Waals surface area contributed by atoms with E-state index in [1.165, 1.54) is 12.1 Å². The number of rotatable bonds is 8. The molecule has 10 heteroatoms. The Labute approximate surface area is 171 Å². The highest BCUT2D eigenvalue weighted by molar-refractivity contribution is 7.11. The van der Waals surface area contributed by atoms with Gasteiger partial charge in [-0.2, -0.15) is 4.37 Å². The van der Waals surface area contributed by atoms with Crippen molar-refractivity contribution < 1.29 is 15.1 Å². The molecule has 0 radical (unpaired) electrons. The van der Waals surface area contributed by atoms with E-state index in [-0.39, 0.29) is 5.69 Å². The van der Waals surface area contributed by atoms with E-state index < -0.39 is 17.1 Å². The van der Waals surface area contributed by atoms with E-state index >= 15 is 0 Å². The van der Waals surface area contributed by atoms with Crippen LogP contribution in [0.15, 0.2) is 52.7 Å². The summed E-state index contributed by atoms with van der Waals surface area (Å²) in [6.45, 7) is 4.19. The van der Waals surface area contributed by atoms with Crippen molar-refractivity contribution in [1.82, 2.24) is 4.37 Å². The van der Waals surface area contributed by atoms with E-state index in [1.807, 2.05) is 17.0 Å². The number of nitro benzene ring substituents is 1. The maximum atomic E-state index is 11.0. The van der Waals surface area contributed by atoms with Gasteiger partial charge in [0.25, 0.3) is 5.69 Å². The van der Waals surface area contributed by atoms with Crippen molar-refractivity contribution in [3.8, 4) is 0 Å². The highest BCUT2D eigenvalue weighted by atomic mass is 32.1. The molecule has 0 aliphatic rings. The van der Waals surface area contributed by atoms with Gasteiger partial charge in [0.2, 0.25) is 0 Å². The molecule has 152 valence electrons. The van der Waals surface area contributed by atoms with Crippen LogP contribution in [0.3, 0.4) is 0 Å². The Morgan fingerprint density at radius 1 is 1.10 bits per heavy atom. The van der Waals surface area contributed by atoms with Crippen LogP contribution in [-0.4, -0.2) is 44.8 Å². The van der Waals surface area contributed by atoms with E-state index in [1.54, 1.807) is 32.0 Å². The number of fused-ring (bicyclic) bond motifs is 1. The van der Waals surface area contributed by atoms with E-state index in [9.17, 15) is 20.3 Å². The molecule has 0 saturated heterocycles. The average Bonchev–Trinajstić information content (AvgIpc) is 3.07. The molecule has 1 heterocycles. The zero-order chi connectivity index (χ0) is 21.0. The summed E-state index contributed by atoms with van der Waals surface area (Å²) in [5, 5.41) is 39.8. The largest absolute Gasteiger partial charge is 0.392 e. The lowest BCUT2D eigenvalue weighted by molar-refractivity contribution is -0.384. The van der Waals surface area contributed by atoms with Gasteiger partial charge in [0.1, 0.15) is 0 Å². The van der Waals surface area contributed by atoms with Gasteiger partial charge in [0.15, 0.2) is 5.00 Å². The van der Waals surface area contributed by atoms with Crippen molar-refractivity contribution in [2.75, 3.05) is 18.0 Å². The number of hydrogen-bond acceptors (Lipinski definition) is 9. The zero-order valence-corrected chi connectivity index (χ0v) is 16.8. The number of nitrogens with zero attached hydrogens (tertiary/aromatic N) is 5. The van der Waals surface area contributed by atoms with Gasteiger partial charge in [-0.25, -0.2) is 0 Å². The Hall–Kier alpha value is -2.95. The minimum atomic E-state index is -0.531. The minimum absolute atomic E-state index is 0.0187. The molecule has 2 atom stereocenters. The van der Waals surface area contributed by atoms with Crippen LogP contribution < -0.4 is 4.90 Å². The Morgan fingerprint density at radius 2 is 1.76 bits per heavy atom. The Morgan fingerprint density at radius 3 is 2.34 bits per heavy atom. The van der Waals surface area contributed by atoms with E-state index in [0.717, 1.165) is 17.2 Å². The number of aliphatic hydroxyl groups excluding tert-OH is 2. The van der Waals surface area contributed by atoms with Crippen LogP contribution in [0.5, 0.6) is 0 Å². The number of benzene rings is 2. The second-order valence-electron chi connectivity index (χ2n) is 6.77. The van der Waals surface area contributed by atoms with Gasteiger partial charge in [0, 0.05) is 36.3 Å². The number of aliphatic hydroxyl groups is 2. The van der Waals surface area contributed by atoms with E-state index in [0.29, 0.717) is 34.7 Å². The van der Waals surface area contributed by atoms with Gasteiger partial charge >= 0.3 is 0 Å². The zero-order valence-electron chi connectivity index (χ0n) is 16.0. The van der Waals surface area contributed by atoms with E-state index in [2.05, 4.69) is 14.6 Å². The molecule has 2 aromatic carbocycles. The molecule has 0 amide bonds. The summed E-state index contributed by atoms with van der Waals surface area (Å²) in [5.41, 5.74) is 2.07. The second-order valence-corrected chi connectivity index (χ2v) is 7.52. The van der Waals surface area contributed by atoms with Gasteiger partial charge < -0.3 is 15.1 Å². The van der Waals surface area contributed by atoms with Gasteiger partial charge in [-0.15, -0.1) is 10.2 Å². The highest BCUT2D eigenvalue weighted by Crippen LogP contribution is 2.34. The Bertz CT molecular complexity index is 1010. The molecule has 0 saturated carbocycles. The van der Waals surface area contributed by atoms with Crippen molar-refractivity contribution in [3.63, 3.8) is 0 Å². The summed E-state index contributed by atoms with van der Waals surface area (Å²) in [4.78, 5) is 12.4. The molecule has 0 bridgehead atoms. The summed E-state index contributed by atoms with van der Waals surface area (Å²) in [5.74, 6) is 0. The summed E-state index contributed by atoms with van der Waals surface area (Å²) >= 11 is 1.13. The molecule has 0 fully saturated rings. The lowest BCUT2D eigenvalue weighted by Gasteiger charge is -2.27. The normalized spacial score (nSPS) is 13.7. The van der Waals surface area contributed by atoms with Crippen LogP contribution >= 0.6 is 11.5 Å². The van der Waals surface area contributed by atoms with E-state index in [4.69, 9.17) is 0 Å². The number of anilines is 1. The van der Waals surface area contributed by atoms with Gasteiger partial charge in [0.05, 0.1) is 28.3 Å². The minimum Gasteiger partial charge on any atom is -0.392 e. The average molecular weight is 415 g/mol. The molecule has 1 aromatic heterocycles. The fourth-order valence-electron chi connectivity index (χ4n) is 2.86. The van der Waals surface area contributed by atoms with Gasteiger partial charge in [-0.1, -0.05) is 0 Å². The second kappa shape index (κ2) is 9.03. The third-order valence-electron chi connectivity index (χ3n) is 4.09. The number of nitro groups is 1. The highest BCUT2D eigenvalue weighted by Gasteiger charge is 2.13. The standard InChI is InChI=1S/C19H21N5O4S/c1-12(25)10-23(11-13(2)26)15-5-3-14(4-6-15)20-21-19-17-9-16(24(27)28)7-8-18(17)22-29-19/h3-9,12-13,25-26H,10-11H2,1-2H3. The van der Waals surface area contributed by atoms with Crippen molar-refractivity contribution in [2.45, 2.75) is 26.1 Å². The lowest BCUT2D eigenvalue weighted by Crippen LogP contribution is -2.36. The topological polar surface area (TPSA) is 124 Å². The van der Waals surface area contributed by atoms with Crippen molar-refractivity contribution in [2.24, 2.45) is 10.2 Å². The molecular formula is C19H21N5O4S.